The van der Waals surface area contributed by atoms with Gasteiger partial charge in [-0.2, -0.15) is 0 Å². The first kappa shape index (κ1) is 12.8. The molecular formula is C13H16N4O3. The van der Waals surface area contributed by atoms with Crippen LogP contribution < -0.4 is 5.32 Å². The zero-order chi connectivity index (χ0) is 14.0. The fourth-order valence-electron chi connectivity index (χ4n) is 2.49. The molecule has 3 rings (SSSR count). The van der Waals surface area contributed by atoms with Gasteiger partial charge in [-0.25, -0.2) is 19.6 Å². The minimum atomic E-state index is -0.809. The van der Waals surface area contributed by atoms with Crippen LogP contribution in [0.3, 0.4) is 0 Å². The highest BCUT2D eigenvalue weighted by atomic mass is 16.6. The SMILES string of the molecule is O=C(Nc1cncnc1)OC(=O)N1CCC2(CC1)CC2. The topological polar surface area (TPSA) is 84.4 Å². The van der Waals surface area contributed by atoms with Crippen molar-refractivity contribution in [3.8, 4) is 0 Å². The maximum atomic E-state index is 11.8. The van der Waals surface area contributed by atoms with Gasteiger partial charge in [-0.1, -0.05) is 0 Å². The number of hydrogen-bond donors (Lipinski definition) is 1. The summed E-state index contributed by atoms with van der Waals surface area (Å²) in [5.74, 6) is 0. The summed E-state index contributed by atoms with van der Waals surface area (Å²) in [6, 6.07) is 0. The van der Waals surface area contributed by atoms with E-state index in [4.69, 9.17) is 4.74 Å². The van der Waals surface area contributed by atoms with E-state index in [0.29, 0.717) is 24.2 Å². The minimum absolute atomic E-state index is 0.390. The normalized spacial score (nSPS) is 19.5. The molecule has 106 valence electrons. The maximum absolute atomic E-state index is 11.8. The highest BCUT2D eigenvalue weighted by Crippen LogP contribution is 2.53. The summed E-state index contributed by atoms with van der Waals surface area (Å²) in [4.78, 5) is 32.5. The Bertz CT molecular complexity index is 506. The average Bonchev–Trinajstić information content (AvgIpc) is 3.20. The number of nitrogens with one attached hydrogen (secondary N) is 1. The molecule has 1 saturated carbocycles. The van der Waals surface area contributed by atoms with E-state index in [2.05, 4.69) is 15.3 Å². The fraction of sp³-hybridized carbons (Fsp3) is 0.538. The Balaban J connectivity index is 1.47. The van der Waals surface area contributed by atoms with Gasteiger partial charge < -0.3 is 9.64 Å². The van der Waals surface area contributed by atoms with E-state index in [1.54, 1.807) is 4.90 Å². The van der Waals surface area contributed by atoms with E-state index >= 15 is 0 Å². The molecule has 1 N–H and O–H groups in total. The van der Waals surface area contributed by atoms with E-state index in [0.717, 1.165) is 12.8 Å². The molecule has 0 radical (unpaired) electrons. The molecule has 2 aliphatic rings. The van der Waals surface area contributed by atoms with Crippen molar-refractivity contribution in [3.05, 3.63) is 18.7 Å². The summed E-state index contributed by atoms with van der Waals surface area (Å²) in [6.07, 6.45) is 7.36. The predicted octanol–water partition coefficient (Wildman–Crippen LogP) is 2.02. The number of rotatable bonds is 1. The van der Waals surface area contributed by atoms with Crippen LogP contribution in [0.15, 0.2) is 18.7 Å². The summed E-state index contributed by atoms with van der Waals surface area (Å²) in [6.45, 7) is 1.33. The van der Waals surface area contributed by atoms with E-state index in [-0.39, 0.29) is 0 Å². The van der Waals surface area contributed by atoms with Gasteiger partial charge in [-0.05, 0) is 31.1 Å². The van der Waals surface area contributed by atoms with Crippen molar-refractivity contribution >= 4 is 17.9 Å². The van der Waals surface area contributed by atoms with Gasteiger partial charge >= 0.3 is 12.2 Å². The average molecular weight is 276 g/mol. The number of amides is 2. The number of ether oxygens (including phenoxy) is 1. The lowest BCUT2D eigenvalue weighted by atomic mass is 9.94. The Hall–Kier alpha value is -2.18. The van der Waals surface area contributed by atoms with Crippen LogP contribution in [0, 0.1) is 5.41 Å². The van der Waals surface area contributed by atoms with Gasteiger partial charge in [-0.15, -0.1) is 0 Å². The molecule has 7 nitrogen and oxygen atoms in total. The van der Waals surface area contributed by atoms with Crippen molar-refractivity contribution in [2.24, 2.45) is 5.41 Å². The van der Waals surface area contributed by atoms with Crippen molar-refractivity contribution in [1.82, 2.24) is 14.9 Å². The molecule has 1 spiro atoms. The molecule has 0 unspecified atom stereocenters. The zero-order valence-corrected chi connectivity index (χ0v) is 11.0. The number of carbonyl (C=O) groups excluding carboxylic acids is 2. The highest BCUT2D eigenvalue weighted by Gasteiger charge is 2.45. The Morgan fingerprint density at radius 1 is 1.15 bits per heavy atom. The summed E-state index contributed by atoms with van der Waals surface area (Å²) >= 11 is 0. The number of nitrogens with zero attached hydrogens (tertiary/aromatic N) is 3. The number of piperidine rings is 1. The van der Waals surface area contributed by atoms with Crippen LogP contribution in [-0.2, 0) is 4.74 Å². The van der Waals surface area contributed by atoms with Crippen molar-refractivity contribution < 1.29 is 14.3 Å². The van der Waals surface area contributed by atoms with Crippen LogP contribution in [0.5, 0.6) is 0 Å². The maximum Gasteiger partial charge on any atom is 0.420 e. The second kappa shape index (κ2) is 5.07. The molecule has 1 aromatic heterocycles. The van der Waals surface area contributed by atoms with Crippen molar-refractivity contribution in [3.63, 3.8) is 0 Å². The van der Waals surface area contributed by atoms with Crippen LogP contribution in [-0.4, -0.2) is 40.1 Å². The van der Waals surface area contributed by atoms with Crippen molar-refractivity contribution in [2.45, 2.75) is 25.7 Å². The lowest BCUT2D eigenvalue weighted by Gasteiger charge is -2.30. The highest BCUT2D eigenvalue weighted by molar-refractivity contribution is 5.92. The molecule has 0 aromatic carbocycles. The Labute approximate surface area is 116 Å². The molecule has 1 aliphatic heterocycles. The first-order chi connectivity index (χ1) is 9.67. The number of hydrogen-bond acceptors (Lipinski definition) is 5. The largest absolute Gasteiger partial charge is 0.420 e. The van der Waals surface area contributed by atoms with Crippen LogP contribution in [0.1, 0.15) is 25.7 Å². The minimum Gasteiger partial charge on any atom is -0.359 e. The number of anilines is 1. The van der Waals surface area contributed by atoms with Crippen LogP contribution in [0.2, 0.25) is 0 Å². The summed E-state index contributed by atoms with van der Waals surface area (Å²) < 4.78 is 4.76. The molecule has 1 saturated heterocycles. The van der Waals surface area contributed by atoms with Gasteiger partial charge in [0, 0.05) is 13.1 Å². The fourth-order valence-corrected chi connectivity index (χ4v) is 2.49. The Morgan fingerprint density at radius 2 is 1.80 bits per heavy atom. The summed E-state index contributed by atoms with van der Waals surface area (Å²) in [5, 5.41) is 2.41. The van der Waals surface area contributed by atoms with Gasteiger partial charge in [0.15, 0.2) is 0 Å². The lowest BCUT2D eigenvalue weighted by Crippen LogP contribution is -2.40. The first-order valence-electron chi connectivity index (χ1n) is 6.70. The molecule has 0 atom stereocenters. The summed E-state index contributed by atoms with van der Waals surface area (Å²) in [7, 11) is 0. The standard InChI is InChI=1S/C13H16N4O3/c18-11(16-10-7-14-9-15-8-10)20-12(19)17-5-3-13(1-2-13)4-6-17/h7-9H,1-6H2,(H,16,18). The molecule has 7 heteroatoms. The van der Waals surface area contributed by atoms with Gasteiger partial charge in [0.2, 0.25) is 0 Å². The number of likely N-dealkylation sites (tertiary alicyclic amines) is 1. The van der Waals surface area contributed by atoms with Gasteiger partial charge in [-0.3, -0.25) is 5.32 Å². The van der Waals surface area contributed by atoms with E-state index in [1.807, 2.05) is 0 Å². The Morgan fingerprint density at radius 3 is 2.40 bits per heavy atom. The van der Waals surface area contributed by atoms with Crippen LogP contribution in [0.4, 0.5) is 15.3 Å². The van der Waals surface area contributed by atoms with E-state index in [9.17, 15) is 9.59 Å². The van der Waals surface area contributed by atoms with E-state index < -0.39 is 12.2 Å². The van der Waals surface area contributed by atoms with Gasteiger partial charge in [0.25, 0.3) is 0 Å². The van der Waals surface area contributed by atoms with Crippen molar-refractivity contribution in [1.29, 1.82) is 0 Å². The third-order valence-electron chi connectivity index (χ3n) is 4.03. The molecule has 1 aromatic rings. The third kappa shape index (κ3) is 2.87. The van der Waals surface area contributed by atoms with Gasteiger partial charge in [0.1, 0.15) is 6.33 Å². The molecular weight excluding hydrogens is 260 g/mol. The molecule has 2 fully saturated rings. The third-order valence-corrected chi connectivity index (χ3v) is 4.03. The molecule has 0 bridgehead atoms. The van der Waals surface area contributed by atoms with Crippen LogP contribution in [0.25, 0.3) is 0 Å². The monoisotopic (exact) mass is 276 g/mol. The van der Waals surface area contributed by atoms with Crippen LogP contribution >= 0.6 is 0 Å². The number of carbonyl (C=O) groups is 2. The predicted molar refractivity (Wildman–Crippen MR) is 70.0 cm³/mol. The molecule has 2 heterocycles. The lowest BCUT2D eigenvalue weighted by molar-refractivity contribution is 0.106. The summed E-state index contributed by atoms with van der Waals surface area (Å²) in [5.41, 5.74) is 0.876. The molecule has 1 aliphatic carbocycles. The second-order valence-electron chi connectivity index (χ2n) is 5.39. The smallest absolute Gasteiger partial charge is 0.359 e. The second-order valence-corrected chi connectivity index (χ2v) is 5.39. The zero-order valence-electron chi connectivity index (χ0n) is 11.0. The number of aromatic nitrogens is 2. The first-order valence-corrected chi connectivity index (χ1v) is 6.70. The molecule has 20 heavy (non-hydrogen) atoms. The molecule has 2 amide bonds. The van der Waals surface area contributed by atoms with Crippen molar-refractivity contribution in [2.75, 3.05) is 18.4 Å². The van der Waals surface area contributed by atoms with E-state index in [1.165, 1.54) is 31.6 Å². The quantitative estimate of drug-likeness (QED) is 0.793. The van der Waals surface area contributed by atoms with Gasteiger partial charge in [0.05, 0.1) is 18.1 Å². The Kier molecular flexibility index (Phi) is 3.25.